The number of ketones is 1. The number of hydrogen-bond donors (Lipinski definition) is 1. The summed E-state index contributed by atoms with van der Waals surface area (Å²) in [6, 6.07) is 0. The number of hydrogen-bond acceptors (Lipinski definition) is 2. The zero-order valence-corrected chi connectivity index (χ0v) is 17.5. The molecule has 150 valence electrons. The van der Waals surface area contributed by atoms with Crippen LogP contribution in [0.3, 0.4) is 0 Å². The minimum Gasteiger partial charge on any atom is -0.306 e. The van der Waals surface area contributed by atoms with Crippen molar-refractivity contribution in [2.45, 2.75) is 96.1 Å². The summed E-state index contributed by atoms with van der Waals surface area (Å²) in [6.45, 7) is 4.51. The van der Waals surface area contributed by atoms with Gasteiger partial charge in [0, 0.05) is 12.3 Å². The van der Waals surface area contributed by atoms with Crippen molar-refractivity contribution in [3.05, 3.63) is 0 Å². The molecule has 4 heteroatoms. The maximum Gasteiger partial charge on any atom is 0.156 e. The van der Waals surface area contributed by atoms with Gasteiger partial charge in [-0.1, -0.05) is 39.5 Å². The zero-order valence-electron chi connectivity index (χ0n) is 16.7. The molecule has 3 fully saturated rings. The molecule has 0 saturated heterocycles. The first-order valence-corrected chi connectivity index (χ1v) is 12.2. The molecule has 7 unspecified atom stereocenters. The van der Waals surface area contributed by atoms with Gasteiger partial charge in [0.15, 0.2) is 11.1 Å². The van der Waals surface area contributed by atoms with Crippen LogP contribution in [-0.2, 0) is 15.9 Å². The van der Waals surface area contributed by atoms with Crippen molar-refractivity contribution in [1.82, 2.24) is 0 Å². The van der Waals surface area contributed by atoms with E-state index >= 15 is 0 Å². The minimum atomic E-state index is -1.80. The van der Waals surface area contributed by atoms with E-state index in [2.05, 4.69) is 13.8 Å². The Labute approximate surface area is 162 Å². The summed E-state index contributed by atoms with van der Waals surface area (Å²) in [7, 11) is 0. The van der Waals surface area contributed by atoms with Crippen molar-refractivity contribution in [3.63, 3.8) is 0 Å². The van der Waals surface area contributed by atoms with Crippen molar-refractivity contribution >= 4 is 16.9 Å². The Kier molecular flexibility index (Phi) is 7.35. The van der Waals surface area contributed by atoms with Gasteiger partial charge in [-0.05, 0) is 74.5 Å². The number of rotatable bonds is 6. The normalized spacial score (nSPS) is 40.4. The van der Waals surface area contributed by atoms with Crippen LogP contribution in [0.1, 0.15) is 90.9 Å². The van der Waals surface area contributed by atoms with Crippen LogP contribution in [0.2, 0.25) is 0 Å². The van der Waals surface area contributed by atoms with E-state index in [0.29, 0.717) is 36.4 Å². The fraction of sp³-hybridized carbons (Fsp3) is 0.955. The average molecular weight is 383 g/mol. The Bertz CT molecular complexity index is 496. The average Bonchev–Trinajstić information content (AvgIpc) is 2.60. The molecule has 26 heavy (non-hydrogen) atoms. The molecule has 0 aromatic heterocycles. The van der Waals surface area contributed by atoms with E-state index in [0.717, 1.165) is 37.5 Å². The van der Waals surface area contributed by atoms with E-state index in [9.17, 15) is 13.6 Å². The van der Waals surface area contributed by atoms with Crippen molar-refractivity contribution in [3.8, 4) is 0 Å². The van der Waals surface area contributed by atoms with Gasteiger partial charge in [-0.2, -0.15) is 0 Å². The van der Waals surface area contributed by atoms with Crippen molar-refractivity contribution in [1.29, 1.82) is 0 Å². The van der Waals surface area contributed by atoms with Crippen molar-refractivity contribution in [2.75, 3.05) is 0 Å². The molecule has 0 spiro atoms. The van der Waals surface area contributed by atoms with E-state index in [4.69, 9.17) is 0 Å². The van der Waals surface area contributed by atoms with Crippen LogP contribution < -0.4 is 0 Å². The predicted molar refractivity (Wildman–Crippen MR) is 107 cm³/mol. The maximum absolute atomic E-state index is 12.7. The van der Waals surface area contributed by atoms with Gasteiger partial charge < -0.3 is 4.55 Å². The van der Waals surface area contributed by atoms with Crippen LogP contribution in [0.4, 0.5) is 0 Å². The molecule has 0 radical (unpaired) electrons. The van der Waals surface area contributed by atoms with Crippen molar-refractivity contribution < 1.29 is 13.6 Å². The minimum absolute atomic E-state index is 0.190. The first kappa shape index (κ1) is 20.5. The molecule has 3 rings (SSSR count). The second-order valence-corrected chi connectivity index (χ2v) is 11.0. The Balaban J connectivity index is 1.53. The SMILES string of the molecule is CC1CC(C)CC(C(=O)CCC(C2CCC3CCCCC3C2)S(=O)O)C1. The van der Waals surface area contributed by atoms with Gasteiger partial charge in [-0.3, -0.25) is 4.79 Å². The van der Waals surface area contributed by atoms with Gasteiger partial charge in [-0.25, -0.2) is 4.21 Å². The molecule has 0 bridgehead atoms. The molecule has 0 amide bonds. The standard InChI is InChI=1S/C22H38O3S/c1-15-11-16(2)13-20(12-15)21(23)9-10-22(26(24)25)19-8-7-17-5-3-4-6-18(17)14-19/h15-20,22H,3-14H2,1-2H3,(H,24,25). The summed E-state index contributed by atoms with van der Waals surface area (Å²) in [5, 5.41) is -0.194. The second kappa shape index (κ2) is 9.32. The Morgan fingerprint density at radius 3 is 2.27 bits per heavy atom. The summed E-state index contributed by atoms with van der Waals surface area (Å²) in [6.07, 6.45) is 13.2. The second-order valence-electron chi connectivity index (χ2n) is 9.81. The van der Waals surface area contributed by atoms with E-state index in [1.807, 2.05) is 0 Å². The highest BCUT2D eigenvalue weighted by atomic mass is 32.2. The lowest BCUT2D eigenvalue weighted by molar-refractivity contribution is -0.125. The third kappa shape index (κ3) is 5.19. The topological polar surface area (TPSA) is 54.4 Å². The summed E-state index contributed by atoms with van der Waals surface area (Å²) in [5.74, 6) is 3.79. The molecule has 3 nitrogen and oxygen atoms in total. The lowest BCUT2D eigenvalue weighted by Gasteiger charge is -2.41. The molecule has 3 saturated carbocycles. The van der Waals surface area contributed by atoms with Crippen LogP contribution in [-0.4, -0.2) is 19.8 Å². The lowest BCUT2D eigenvalue weighted by atomic mass is 9.66. The van der Waals surface area contributed by atoms with Gasteiger partial charge in [-0.15, -0.1) is 0 Å². The van der Waals surface area contributed by atoms with Crippen LogP contribution in [0, 0.1) is 35.5 Å². The fourth-order valence-electron chi connectivity index (χ4n) is 6.45. The van der Waals surface area contributed by atoms with Gasteiger partial charge >= 0.3 is 0 Å². The number of carbonyl (C=O) groups excluding carboxylic acids is 1. The monoisotopic (exact) mass is 382 g/mol. The molecule has 3 aliphatic rings. The van der Waals surface area contributed by atoms with Crippen molar-refractivity contribution in [2.24, 2.45) is 35.5 Å². The molecular formula is C22H38O3S. The molecule has 0 heterocycles. The fourth-order valence-corrected chi connectivity index (χ4v) is 7.34. The maximum atomic E-state index is 12.7. The smallest absolute Gasteiger partial charge is 0.156 e. The Hall–Kier alpha value is -0.220. The van der Waals surface area contributed by atoms with Crippen LogP contribution in [0.5, 0.6) is 0 Å². The Morgan fingerprint density at radius 1 is 0.962 bits per heavy atom. The quantitative estimate of drug-likeness (QED) is 0.608. The summed E-state index contributed by atoms with van der Waals surface area (Å²) in [4.78, 5) is 12.7. The predicted octanol–water partition coefficient (Wildman–Crippen LogP) is 5.60. The highest BCUT2D eigenvalue weighted by Crippen LogP contribution is 2.45. The summed E-state index contributed by atoms with van der Waals surface area (Å²) in [5.41, 5.74) is 0. The van der Waals surface area contributed by atoms with E-state index in [-0.39, 0.29) is 11.2 Å². The highest BCUT2D eigenvalue weighted by Gasteiger charge is 2.38. The third-order valence-electron chi connectivity index (χ3n) is 7.67. The molecule has 3 aliphatic carbocycles. The zero-order chi connectivity index (χ0) is 18.7. The number of fused-ring (bicyclic) bond motifs is 1. The van der Waals surface area contributed by atoms with Crippen LogP contribution in [0.25, 0.3) is 0 Å². The van der Waals surface area contributed by atoms with Gasteiger partial charge in [0.1, 0.15) is 5.78 Å². The van der Waals surface area contributed by atoms with Gasteiger partial charge in [0.05, 0.1) is 5.25 Å². The lowest BCUT2D eigenvalue weighted by Crippen LogP contribution is -2.36. The molecule has 7 atom stereocenters. The molecule has 0 aromatic rings. The van der Waals surface area contributed by atoms with Gasteiger partial charge in [0.2, 0.25) is 0 Å². The molecule has 0 aliphatic heterocycles. The van der Waals surface area contributed by atoms with E-state index in [1.165, 1.54) is 38.5 Å². The number of carbonyl (C=O) groups is 1. The van der Waals surface area contributed by atoms with Crippen LogP contribution in [0.15, 0.2) is 0 Å². The summed E-state index contributed by atoms with van der Waals surface area (Å²) < 4.78 is 22.0. The summed E-state index contributed by atoms with van der Waals surface area (Å²) >= 11 is -1.80. The van der Waals surface area contributed by atoms with Crippen LogP contribution >= 0.6 is 0 Å². The van der Waals surface area contributed by atoms with E-state index < -0.39 is 11.1 Å². The first-order valence-electron chi connectivity index (χ1n) is 11.1. The first-order chi connectivity index (χ1) is 12.4. The number of Topliss-reactive ketones (excluding diaryl/α,β-unsaturated/α-hetero) is 1. The molecule has 1 N–H and O–H groups in total. The Morgan fingerprint density at radius 2 is 1.62 bits per heavy atom. The highest BCUT2D eigenvalue weighted by molar-refractivity contribution is 7.79. The molecular weight excluding hydrogens is 344 g/mol. The van der Waals surface area contributed by atoms with Gasteiger partial charge in [0.25, 0.3) is 0 Å². The van der Waals surface area contributed by atoms with E-state index in [1.54, 1.807) is 0 Å². The largest absolute Gasteiger partial charge is 0.306 e. The molecule has 0 aromatic carbocycles. The third-order valence-corrected chi connectivity index (χ3v) is 8.81.